The van der Waals surface area contributed by atoms with E-state index in [-0.39, 0.29) is 0 Å². The van der Waals surface area contributed by atoms with Gasteiger partial charge in [-0.05, 0) is 31.1 Å². The lowest BCUT2D eigenvalue weighted by Crippen LogP contribution is -2.45. The van der Waals surface area contributed by atoms with E-state index in [9.17, 15) is 0 Å². The van der Waals surface area contributed by atoms with Gasteiger partial charge in [0.2, 0.25) is 0 Å². The highest BCUT2D eigenvalue weighted by atomic mass is 16.5. The van der Waals surface area contributed by atoms with Crippen LogP contribution in [0.3, 0.4) is 0 Å². The number of methoxy groups -OCH3 is 1. The minimum absolute atomic E-state index is 0.374. The van der Waals surface area contributed by atoms with Gasteiger partial charge >= 0.3 is 0 Å². The van der Waals surface area contributed by atoms with E-state index in [0.717, 1.165) is 38.5 Å². The Labute approximate surface area is 117 Å². The molecular weight excluding hydrogens is 240 g/mol. The van der Waals surface area contributed by atoms with Crippen molar-refractivity contribution in [3.63, 3.8) is 0 Å². The second kappa shape index (κ2) is 9.13. The molecule has 19 heavy (non-hydrogen) atoms. The van der Waals surface area contributed by atoms with Gasteiger partial charge in [0.15, 0.2) is 0 Å². The zero-order valence-electron chi connectivity index (χ0n) is 12.7. The summed E-state index contributed by atoms with van der Waals surface area (Å²) in [6.07, 6.45) is 1.73. The smallest absolute Gasteiger partial charge is 0.117 e. The molecule has 0 aliphatic rings. The molecule has 0 aliphatic carbocycles. The number of furan rings is 1. The molecule has 0 spiro atoms. The Hall–Kier alpha value is -0.840. The monoisotopic (exact) mass is 268 g/mol. The molecule has 1 rings (SSSR count). The fraction of sp³-hybridized carbons (Fsp3) is 0.733. The highest BCUT2D eigenvalue weighted by molar-refractivity contribution is 4.98. The second-order valence-corrected chi connectivity index (χ2v) is 5.30. The first-order valence-electron chi connectivity index (χ1n) is 7.13. The number of likely N-dealkylation sites (N-methyl/N-ethyl adjacent to an activating group) is 1. The van der Waals surface area contributed by atoms with Crippen molar-refractivity contribution in [2.75, 3.05) is 33.4 Å². The Kier molecular flexibility index (Phi) is 7.79. The van der Waals surface area contributed by atoms with Gasteiger partial charge in [-0.1, -0.05) is 20.8 Å². The Balaban J connectivity index is 2.50. The van der Waals surface area contributed by atoms with Crippen molar-refractivity contribution in [1.82, 2.24) is 10.2 Å². The average molecular weight is 268 g/mol. The molecule has 110 valence electrons. The normalized spacial score (nSPS) is 13.4. The Morgan fingerprint density at radius 2 is 2.16 bits per heavy atom. The first-order valence-corrected chi connectivity index (χ1v) is 7.13. The Morgan fingerprint density at radius 3 is 2.68 bits per heavy atom. The molecule has 1 aromatic rings. The summed E-state index contributed by atoms with van der Waals surface area (Å²) in [6.45, 7) is 11.2. The topological polar surface area (TPSA) is 37.6 Å². The molecule has 4 heteroatoms. The lowest BCUT2D eigenvalue weighted by Gasteiger charge is -2.30. The minimum Gasteiger partial charge on any atom is -0.468 e. The summed E-state index contributed by atoms with van der Waals surface area (Å²) in [5, 5.41) is 3.51. The number of ether oxygens (including phenoxy) is 1. The van der Waals surface area contributed by atoms with Crippen LogP contribution in [0, 0.1) is 5.92 Å². The molecule has 4 nitrogen and oxygen atoms in total. The van der Waals surface area contributed by atoms with Crippen LogP contribution in [-0.4, -0.2) is 44.3 Å². The van der Waals surface area contributed by atoms with Crippen molar-refractivity contribution in [3.05, 3.63) is 24.2 Å². The summed E-state index contributed by atoms with van der Waals surface area (Å²) in [5.74, 6) is 1.68. The molecule has 1 atom stereocenters. The van der Waals surface area contributed by atoms with Crippen LogP contribution in [0.2, 0.25) is 0 Å². The van der Waals surface area contributed by atoms with Crippen LogP contribution in [0.15, 0.2) is 22.8 Å². The summed E-state index contributed by atoms with van der Waals surface area (Å²) >= 11 is 0. The minimum atomic E-state index is 0.374. The van der Waals surface area contributed by atoms with E-state index >= 15 is 0 Å². The quantitative estimate of drug-likeness (QED) is 0.707. The maximum absolute atomic E-state index is 5.43. The predicted molar refractivity (Wildman–Crippen MR) is 78.2 cm³/mol. The Morgan fingerprint density at radius 1 is 1.37 bits per heavy atom. The highest BCUT2D eigenvalue weighted by Crippen LogP contribution is 2.09. The fourth-order valence-corrected chi connectivity index (χ4v) is 2.13. The van der Waals surface area contributed by atoms with Crippen molar-refractivity contribution < 1.29 is 9.15 Å². The van der Waals surface area contributed by atoms with Crippen molar-refractivity contribution in [2.45, 2.75) is 33.4 Å². The zero-order chi connectivity index (χ0) is 14.1. The average Bonchev–Trinajstić information content (AvgIpc) is 2.87. The summed E-state index contributed by atoms with van der Waals surface area (Å²) in [5.41, 5.74) is 0. The number of hydrogen-bond acceptors (Lipinski definition) is 4. The molecule has 1 aromatic heterocycles. The van der Waals surface area contributed by atoms with Crippen LogP contribution in [0.4, 0.5) is 0 Å². The van der Waals surface area contributed by atoms with Crippen LogP contribution in [0.25, 0.3) is 0 Å². The third-order valence-electron chi connectivity index (χ3n) is 3.15. The maximum Gasteiger partial charge on any atom is 0.117 e. The van der Waals surface area contributed by atoms with Crippen LogP contribution < -0.4 is 5.32 Å². The van der Waals surface area contributed by atoms with Gasteiger partial charge in [-0.25, -0.2) is 0 Å². The van der Waals surface area contributed by atoms with E-state index in [1.165, 1.54) is 0 Å². The van der Waals surface area contributed by atoms with E-state index in [2.05, 4.69) is 31.0 Å². The number of hydrogen-bond donors (Lipinski definition) is 1. The highest BCUT2D eigenvalue weighted by Gasteiger charge is 2.18. The maximum atomic E-state index is 5.43. The van der Waals surface area contributed by atoms with Gasteiger partial charge in [-0.3, -0.25) is 4.90 Å². The number of rotatable bonds is 10. The van der Waals surface area contributed by atoms with Crippen LogP contribution in [-0.2, 0) is 11.3 Å². The number of nitrogens with zero attached hydrogens (tertiary/aromatic N) is 1. The van der Waals surface area contributed by atoms with Crippen molar-refractivity contribution in [1.29, 1.82) is 0 Å². The lowest BCUT2D eigenvalue weighted by atomic mass is 10.2. The molecule has 0 aliphatic heterocycles. The molecule has 0 saturated carbocycles. The first-order chi connectivity index (χ1) is 9.17. The van der Waals surface area contributed by atoms with E-state index in [1.54, 1.807) is 13.4 Å². The van der Waals surface area contributed by atoms with Crippen LogP contribution in [0.5, 0.6) is 0 Å². The van der Waals surface area contributed by atoms with Crippen molar-refractivity contribution in [2.24, 2.45) is 5.92 Å². The zero-order valence-corrected chi connectivity index (χ0v) is 12.7. The lowest BCUT2D eigenvalue weighted by molar-refractivity contribution is 0.0830. The molecular formula is C15H28N2O2. The molecule has 0 fully saturated rings. The van der Waals surface area contributed by atoms with Gasteiger partial charge in [-0.2, -0.15) is 0 Å². The molecule has 0 aromatic carbocycles. The van der Waals surface area contributed by atoms with Gasteiger partial charge in [0.25, 0.3) is 0 Å². The largest absolute Gasteiger partial charge is 0.468 e. The predicted octanol–water partition coefficient (Wildman–Crippen LogP) is 2.36. The van der Waals surface area contributed by atoms with Gasteiger partial charge in [-0.15, -0.1) is 0 Å². The van der Waals surface area contributed by atoms with E-state index in [4.69, 9.17) is 9.15 Å². The summed E-state index contributed by atoms with van der Waals surface area (Å²) in [7, 11) is 1.76. The van der Waals surface area contributed by atoms with E-state index in [1.807, 2.05) is 12.1 Å². The SMILES string of the molecule is CCN(Cc1ccco1)C(CNCC(C)C)COC. The second-order valence-electron chi connectivity index (χ2n) is 5.30. The first kappa shape index (κ1) is 16.2. The molecule has 0 amide bonds. The standard InChI is InChI=1S/C15H28N2O2/c1-5-17(11-15-7-6-8-19-15)14(12-18-4)10-16-9-13(2)3/h6-8,13-14,16H,5,9-12H2,1-4H3. The van der Waals surface area contributed by atoms with Crippen molar-refractivity contribution in [3.8, 4) is 0 Å². The van der Waals surface area contributed by atoms with Gasteiger partial charge in [0.05, 0.1) is 19.4 Å². The molecule has 0 saturated heterocycles. The molecule has 1 heterocycles. The van der Waals surface area contributed by atoms with E-state index < -0.39 is 0 Å². The number of nitrogens with one attached hydrogen (secondary N) is 1. The molecule has 1 unspecified atom stereocenters. The summed E-state index contributed by atoms with van der Waals surface area (Å²) in [6, 6.07) is 4.33. The van der Waals surface area contributed by atoms with Gasteiger partial charge < -0.3 is 14.5 Å². The van der Waals surface area contributed by atoms with Crippen molar-refractivity contribution >= 4 is 0 Å². The summed E-state index contributed by atoms with van der Waals surface area (Å²) < 4.78 is 10.8. The third kappa shape index (κ3) is 6.23. The summed E-state index contributed by atoms with van der Waals surface area (Å²) in [4.78, 5) is 2.38. The van der Waals surface area contributed by atoms with E-state index in [0.29, 0.717) is 12.0 Å². The third-order valence-corrected chi connectivity index (χ3v) is 3.15. The van der Waals surface area contributed by atoms with Gasteiger partial charge in [0.1, 0.15) is 5.76 Å². The van der Waals surface area contributed by atoms with Gasteiger partial charge in [0, 0.05) is 19.7 Å². The molecule has 0 radical (unpaired) electrons. The molecule has 1 N–H and O–H groups in total. The molecule has 0 bridgehead atoms. The fourth-order valence-electron chi connectivity index (χ4n) is 2.13. The van der Waals surface area contributed by atoms with Crippen LogP contribution in [0.1, 0.15) is 26.5 Å². The Bertz CT molecular complexity index is 312. The van der Waals surface area contributed by atoms with Crippen LogP contribution >= 0.6 is 0 Å².